The van der Waals surface area contributed by atoms with Gasteiger partial charge in [0.05, 0.1) is 0 Å². The second-order valence-corrected chi connectivity index (χ2v) is 4.52. The minimum atomic E-state index is -4.66. The Morgan fingerprint density at radius 3 is 2.26 bits per heavy atom. The van der Waals surface area contributed by atoms with Gasteiger partial charge >= 0.3 is 6.36 Å². The minimum absolute atomic E-state index is 0.0318. The molecule has 108 valence electrons. The molecule has 0 amide bonds. The molecule has 1 rings (SSSR count). The van der Waals surface area contributed by atoms with Crippen molar-refractivity contribution < 1.29 is 17.9 Å². The number of likely N-dealkylation sites (N-methyl/N-ethyl adjacent to an activating group) is 1. The van der Waals surface area contributed by atoms with Crippen LogP contribution in [0.1, 0.15) is 5.56 Å². The molecule has 4 nitrogen and oxygen atoms in total. The molecule has 1 unspecified atom stereocenters. The Kier molecular flexibility index (Phi) is 5.59. The molecule has 0 aliphatic carbocycles. The number of nitrogens with zero attached hydrogens (tertiary/aromatic N) is 1. The highest BCUT2D eigenvalue weighted by molar-refractivity contribution is 5.28. The summed E-state index contributed by atoms with van der Waals surface area (Å²) in [6.45, 7) is 0.733. The monoisotopic (exact) mass is 277 g/mol. The van der Waals surface area contributed by atoms with E-state index in [1.165, 1.54) is 12.1 Å². The van der Waals surface area contributed by atoms with Crippen LogP contribution in [0.5, 0.6) is 5.75 Å². The van der Waals surface area contributed by atoms with Crippen molar-refractivity contribution in [3.05, 3.63) is 29.8 Å². The third kappa shape index (κ3) is 6.42. The lowest BCUT2D eigenvalue weighted by atomic mass is 10.1. The maximum Gasteiger partial charge on any atom is 0.573 e. The number of hydrogen-bond donors (Lipinski definition) is 2. The molecule has 0 aliphatic heterocycles. The van der Waals surface area contributed by atoms with Crippen LogP contribution in [0.4, 0.5) is 13.2 Å². The molecule has 19 heavy (non-hydrogen) atoms. The van der Waals surface area contributed by atoms with Crippen LogP contribution < -0.4 is 16.0 Å². The topological polar surface area (TPSA) is 50.5 Å². The zero-order valence-corrected chi connectivity index (χ0v) is 10.9. The second-order valence-electron chi connectivity index (χ2n) is 4.52. The van der Waals surface area contributed by atoms with Gasteiger partial charge in [-0.3, -0.25) is 11.3 Å². The molecular formula is C12H18F3N3O. The number of ether oxygens (including phenoxy) is 1. The van der Waals surface area contributed by atoms with Crippen LogP contribution >= 0.6 is 0 Å². The largest absolute Gasteiger partial charge is 0.573 e. The molecule has 0 saturated carbocycles. The van der Waals surface area contributed by atoms with E-state index < -0.39 is 6.36 Å². The van der Waals surface area contributed by atoms with Gasteiger partial charge in [-0.1, -0.05) is 12.1 Å². The second kappa shape index (κ2) is 6.74. The van der Waals surface area contributed by atoms with E-state index in [1.807, 2.05) is 19.0 Å². The Labute approximate surface area is 110 Å². The Morgan fingerprint density at radius 1 is 1.26 bits per heavy atom. The number of nitrogens with one attached hydrogen (secondary N) is 1. The highest BCUT2D eigenvalue weighted by Gasteiger charge is 2.30. The zero-order chi connectivity index (χ0) is 14.5. The summed E-state index contributed by atoms with van der Waals surface area (Å²) < 4.78 is 39.8. The first kappa shape index (κ1) is 15.7. The van der Waals surface area contributed by atoms with Gasteiger partial charge in [0.2, 0.25) is 0 Å². The van der Waals surface area contributed by atoms with Gasteiger partial charge in [0, 0.05) is 12.6 Å². The number of hydrazine groups is 1. The zero-order valence-electron chi connectivity index (χ0n) is 10.9. The summed E-state index contributed by atoms with van der Waals surface area (Å²) in [6.07, 6.45) is -4.03. The fraction of sp³-hybridized carbons (Fsp3) is 0.500. The first-order chi connectivity index (χ1) is 8.80. The number of benzene rings is 1. The number of alkyl halides is 3. The number of nitrogens with two attached hydrogens (primary N) is 1. The summed E-state index contributed by atoms with van der Waals surface area (Å²) >= 11 is 0. The average molecular weight is 277 g/mol. The molecule has 1 aromatic rings. The molecule has 0 fully saturated rings. The molecule has 0 bridgehead atoms. The lowest BCUT2D eigenvalue weighted by molar-refractivity contribution is -0.274. The lowest BCUT2D eigenvalue weighted by Crippen LogP contribution is -2.43. The van der Waals surface area contributed by atoms with Gasteiger partial charge in [-0.05, 0) is 38.2 Å². The van der Waals surface area contributed by atoms with Crippen LogP contribution in [-0.2, 0) is 6.42 Å². The van der Waals surface area contributed by atoms with Gasteiger partial charge in [-0.25, -0.2) is 0 Å². The molecule has 0 saturated heterocycles. The van der Waals surface area contributed by atoms with Gasteiger partial charge < -0.3 is 9.64 Å². The van der Waals surface area contributed by atoms with Crippen molar-refractivity contribution in [3.63, 3.8) is 0 Å². The van der Waals surface area contributed by atoms with E-state index in [1.54, 1.807) is 12.1 Å². The summed E-state index contributed by atoms with van der Waals surface area (Å²) in [5, 5.41) is 0. The molecule has 7 heteroatoms. The van der Waals surface area contributed by atoms with Gasteiger partial charge in [-0.15, -0.1) is 13.2 Å². The van der Waals surface area contributed by atoms with E-state index in [0.717, 1.165) is 12.1 Å². The Bertz CT molecular complexity index is 379. The van der Waals surface area contributed by atoms with Crippen LogP contribution in [0.25, 0.3) is 0 Å². The van der Waals surface area contributed by atoms with Gasteiger partial charge in [-0.2, -0.15) is 0 Å². The fourth-order valence-corrected chi connectivity index (χ4v) is 1.73. The predicted octanol–water partition coefficient (Wildman–Crippen LogP) is 1.52. The first-order valence-corrected chi connectivity index (χ1v) is 5.75. The summed E-state index contributed by atoms with van der Waals surface area (Å²) in [5.74, 6) is 5.21. The smallest absolute Gasteiger partial charge is 0.406 e. The lowest BCUT2D eigenvalue weighted by Gasteiger charge is -2.20. The van der Waals surface area contributed by atoms with Crippen molar-refractivity contribution in [1.29, 1.82) is 0 Å². The van der Waals surface area contributed by atoms with Crippen molar-refractivity contribution in [2.24, 2.45) is 5.84 Å². The van der Waals surface area contributed by atoms with Crippen molar-refractivity contribution in [1.82, 2.24) is 10.3 Å². The molecule has 0 radical (unpaired) electrons. The van der Waals surface area contributed by atoms with E-state index in [9.17, 15) is 13.2 Å². The SMILES string of the molecule is CN(C)CC(Cc1ccc(OC(F)(F)F)cc1)NN. The van der Waals surface area contributed by atoms with Crippen LogP contribution in [0, 0.1) is 0 Å². The van der Waals surface area contributed by atoms with E-state index in [2.05, 4.69) is 10.2 Å². The Morgan fingerprint density at radius 2 is 1.84 bits per heavy atom. The van der Waals surface area contributed by atoms with Crippen molar-refractivity contribution in [3.8, 4) is 5.75 Å². The summed E-state index contributed by atoms with van der Waals surface area (Å²) in [4.78, 5) is 1.98. The van der Waals surface area contributed by atoms with Crippen LogP contribution in [0.3, 0.4) is 0 Å². The third-order valence-corrected chi connectivity index (χ3v) is 2.46. The molecule has 0 heterocycles. The normalized spacial score (nSPS) is 13.6. The van der Waals surface area contributed by atoms with E-state index in [4.69, 9.17) is 5.84 Å². The van der Waals surface area contributed by atoms with Gasteiger partial charge in [0.15, 0.2) is 0 Å². The molecular weight excluding hydrogens is 259 g/mol. The molecule has 0 aromatic heterocycles. The minimum Gasteiger partial charge on any atom is -0.406 e. The first-order valence-electron chi connectivity index (χ1n) is 5.75. The van der Waals surface area contributed by atoms with Crippen molar-refractivity contribution in [2.45, 2.75) is 18.8 Å². The summed E-state index contributed by atoms with van der Waals surface area (Å²) in [7, 11) is 3.84. The highest BCUT2D eigenvalue weighted by Crippen LogP contribution is 2.22. The molecule has 0 spiro atoms. The van der Waals surface area contributed by atoms with Gasteiger partial charge in [0.25, 0.3) is 0 Å². The third-order valence-electron chi connectivity index (χ3n) is 2.46. The van der Waals surface area contributed by atoms with E-state index >= 15 is 0 Å². The molecule has 1 atom stereocenters. The van der Waals surface area contributed by atoms with Crippen LogP contribution in [0.2, 0.25) is 0 Å². The average Bonchev–Trinajstić information content (AvgIpc) is 2.28. The quantitative estimate of drug-likeness (QED) is 0.611. The van der Waals surface area contributed by atoms with E-state index in [0.29, 0.717) is 6.42 Å². The van der Waals surface area contributed by atoms with Crippen LogP contribution in [-0.4, -0.2) is 37.9 Å². The van der Waals surface area contributed by atoms with Crippen molar-refractivity contribution in [2.75, 3.05) is 20.6 Å². The number of halogens is 3. The van der Waals surface area contributed by atoms with Gasteiger partial charge in [0.1, 0.15) is 5.75 Å². The maximum absolute atomic E-state index is 12.0. The summed E-state index contributed by atoms with van der Waals surface area (Å²) in [6, 6.07) is 5.82. The molecule has 3 N–H and O–H groups in total. The Balaban J connectivity index is 2.60. The van der Waals surface area contributed by atoms with Crippen molar-refractivity contribution >= 4 is 0 Å². The Hall–Kier alpha value is -1.31. The highest BCUT2D eigenvalue weighted by atomic mass is 19.4. The molecule has 1 aromatic carbocycles. The van der Waals surface area contributed by atoms with E-state index in [-0.39, 0.29) is 11.8 Å². The maximum atomic E-state index is 12.0. The number of hydrogen-bond acceptors (Lipinski definition) is 4. The molecule has 0 aliphatic rings. The summed E-state index contributed by atoms with van der Waals surface area (Å²) in [5.41, 5.74) is 3.57. The predicted molar refractivity (Wildman–Crippen MR) is 66.5 cm³/mol. The number of rotatable bonds is 6. The van der Waals surface area contributed by atoms with Crippen LogP contribution in [0.15, 0.2) is 24.3 Å². The standard InChI is InChI=1S/C12H18F3N3O/c1-18(2)8-10(17-16)7-9-3-5-11(6-4-9)19-12(13,14)15/h3-6,10,17H,7-8,16H2,1-2H3. The fourth-order valence-electron chi connectivity index (χ4n) is 1.73.